The van der Waals surface area contributed by atoms with Crippen molar-refractivity contribution in [2.75, 3.05) is 5.32 Å². The summed E-state index contributed by atoms with van der Waals surface area (Å²) in [6, 6.07) is 8.67. The summed E-state index contributed by atoms with van der Waals surface area (Å²) in [5.41, 5.74) is 2.47. The van der Waals surface area contributed by atoms with Gasteiger partial charge in [0.1, 0.15) is 0 Å². The summed E-state index contributed by atoms with van der Waals surface area (Å²) < 4.78 is 0. The molecule has 0 aromatic heterocycles. The number of hydrogen-bond acceptors (Lipinski definition) is 1. The smallest absolute Gasteiger partial charge is 0.0439 e. The summed E-state index contributed by atoms with van der Waals surface area (Å²) in [6.45, 7) is 9.74. The molecule has 1 aromatic carbocycles. The average molecular weight is 201 g/mol. The molecule has 0 radical (unpaired) electrons. The van der Waals surface area contributed by atoms with Crippen molar-refractivity contribution >= 4 is 5.69 Å². The van der Waals surface area contributed by atoms with E-state index in [1.165, 1.54) is 11.3 Å². The summed E-state index contributed by atoms with van der Waals surface area (Å²) in [5, 5.41) is 3.47. The molecule has 1 N–H and O–H groups in total. The van der Waals surface area contributed by atoms with E-state index in [9.17, 15) is 0 Å². The molecule has 0 aliphatic heterocycles. The van der Waals surface area contributed by atoms with Crippen molar-refractivity contribution in [1.82, 2.24) is 0 Å². The molecule has 0 aliphatic carbocycles. The number of hydrogen-bond donors (Lipinski definition) is 1. The van der Waals surface area contributed by atoms with Crippen LogP contribution in [0, 0.1) is 0 Å². The van der Waals surface area contributed by atoms with E-state index < -0.39 is 0 Å². The maximum Gasteiger partial charge on any atom is 0.0439 e. The summed E-state index contributed by atoms with van der Waals surface area (Å²) in [5.74, 6) is 0. The van der Waals surface area contributed by atoms with E-state index in [4.69, 9.17) is 0 Å². The second-order valence-electron chi connectivity index (χ2n) is 3.54. The fraction of sp³-hybridized carbons (Fsp3) is 0.286. The van der Waals surface area contributed by atoms with Gasteiger partial charge in [0.15, 0.2) is 0 Å². The van der Waals surface area contributed by atoms with Gasteiger partial charge in [0, 0.05) is 11.7 Å². The minimum Gasteiger partial charge on any atom is -0.379 e. The van der Waals surface area contributed by atoms with Crippen LogP contribution in [-0.2, 0) is 6.42 Å². The molecule has 0 aliphatic rings. The van der Waals surface area contributed by atoms with E-state index in [0.29, 0.717) is 6.04 Å². The van der Waals surface area contributed by atoms with Gasteiger partial charge in [-0.3, -0.25) is 0 Å². The summed E-state index contributed by atoms with van der Waals surface area (Å²) in [7, 11) is 0. The largest absolute Gasteiger partial charge is 0.379 e. The first-order valence-electron chi connectivity index (χ1n) is 5.39. The lowest BCUT2D eigenvalue weighted by atomic mass is 10.1. The molecular formula is C14H19N. The highest BCUT2D eigenvalue weighted by Crippen LogP contribution is 2.17. The molecule has 1 heteroatoms. The molecule has 80 valence electrons. The fourth-order valence-electron chi connectivity index (χ4n) is 1.52. The Labute approximate surface area is 92.5 Å². The van der Waals surface area contributed by atoms with E-state index in [0.717, 1.165) is 12.8 Å². The molecule has 0 bridgehead atoms. The summed E-state index contributed by atoms with van der Waals surface area (Å²) in [6.07, 6.45) is 5.82. The van der Waals surface area contributed by atoms with Gasteiger partial charge in [-0.1, -0.05) is 37.3 Å². The maximum absolute atomic E-state index is 3.82. The maximum atomic E-state index is 3.82. The zero-order valence-corrected chi connectivity index (χ0v) is 9.37. The molecule has 1 aromatic rings. The van der Waals surface area contributed by atoms with Crippen LogP contribution in [0.5, 0.6) is 0 Å². The Morgan fingerprint density at radius 3 is 2.67 bits per heavy atom. The summed E-state index contributed by atoms with van der Waals surface area (Å²) >= 11 is 0. The van der Waals surface area contributed by atoms with Gasteiger partial charge < -0.3 is 5.32 Å². The molecule has 0 fully saturated rings. The third kappa shape index (κ3) is 3.28. The number of rotatable bonds is 6. The fourth-order valence-corrected chi connectivity index (χ4v) is 1.52. The zero-order valence-electron chi connectivity index (χ0n) is 9.37. The van der Waals surface area contributed by atoms with Crippen molar-refractivity contribution in [3.8, 4) is 0 Å². The molecule has 0 unspecified atom stereocenters. The minimum absolute atomic E-state index is 0.343. The Morgan fingerprint density at radius 1 is 1.33 bits per heavy atom. The Bertz CT molecular complexity index is 328. The van der Waals surface area contributed by atoms with Gasteiger partial charge in [-0.05, 0) is 24.5 Å². The van der Waals surface area contributed by atoms with Crippen LogP contribution in [0.3, 0.4) is 0 Å². The van der Waals surface area contributed by atoms with Crippen LogP contribution < -0.4 is 5.32 Å². The average Bonchev–Trinajstić information content (AvgIpc) is 2.28. The Balaban J connectivity index is 2.82. The lowest BCUT2D eigenvalue weighted by Crippen LogP contribution is -2.15. The zero-order chi connectivity index (χ0) is 11.1. The quantitative estimate of drug-likeness (QED) is 0.690. The van der Waals surface area contributed by atoms with E-state index in [2.05, 4.69) is 43.6 Å². The van der Waals surface area contributed by atoms with Crippen LogP contribution in [0.25, 0.3) is 0 Å². The highest BCUT2D eigenvalue weighted by Gasteiger charge is 2.03. The highest BCUT2D eigenvalue weighted by molar-refractivity contribution is 5.53. The number of nitrogens with one attached hydrogen (secondary N) is 1. The van der Waals surface area contributed by atoms with E-state index in [-0.39, 0.29) is 0 Å². The van der Waals surface area contributed by atoms with E-state index in [1.54, 1.807) is 0 Å². The molecular weight excluding hydrogens is 182 g/mol. The number of allylic oxidation sites excluding steroid dienone is 1. The molecule has 1 nitrogen and oxygen atoms in total. The second-order valence-corrected chi connectivity index (χ2v) is 3.54. The third-order valence-corrected chi connectivity index (χ3v) is 2.45. The van der Waals surface area contributed by atoms with Crippen LogP contribution in [0.15, 0.2) is 49.6 Å². The van der Waals surface area contributed by atoms with Crippen molar-refractivity contribution in [1.29, 1.82) is 0 Å². The van der Waals surface area contributed by atoms with Gasteiger partial charge >= 0.3 is 0 Å². The molecule has 0 spiro atoms. The highest BCUT2D eigenvalue weighted by atomic mass is 14.9. The molecule has 1 rings (SSSR count). The van der Waals surface area contributed by atoms with Gasteiger partial charge in [0.25, 0.3) is 0 Å². The van der Waals surface area contributed by atoms with Crippen molar-refractivity contribution in [3.63, 3.8) is 0 Å². The topological polar surface area (TPSA) is 12.0 Å². The molecule has 1 atom stereocenters. The second kappa shape index (κ2) is 6.07. The van der Waals surface area contributed by atoms with E-state index >= 15 is 0 Å². The number of para-hydroxylation sites is 1. The predicted octanol–water partition coefficient (Wildman–Crippen LogP) is 3.79. The minimum atomic E-state index is 0.343. The van der Waals surface area contributed by atoms with Crippen molar-refractivity contribution < 1.29 is 0 Å². The van der Waals surface area contributed by atoms with Crippen molar-refractivity contribution in [2.45, 2.75) is 25.8 Å². The summed E-state index contributed by atoms with van der Waals surface area (Å²) in [4.78, 5) is 0. The normalized spacial score (nSPS) is 11.8. The monoisotopic (exact) mass is 201 g/mol. The molecule has 0 amide bonds. The number of benzene rings is 1. The van der Waals surface area contributed by atoms with Gasteiger partial charge in [-0.25, -0.2) is 0 Å². The predicted molar refractivity (Wildman–Crippen MR) is 68.2 cm³/mol. The first-order valence-corrected chi connectivity index (χ1v) is 5.39. The lowest BCUT2D eigenvalue weighted by molar-refractivity contribution is 0.833. The molecule has 15 heavy (non-hydrogen) atoms. The lowest BCUT2D eigenvalue weighted by Gasteiger charge is -2.16. The van der Waals surface area contributed by atoms with E-state index in [1.807, 2.05) is 18.2 Å². The third-order valence-electron chi connectivity index (χ3n) is 2.45. The van der Waals surface area contributed by atoms with Gasteiger partial charge in [0.05, 0.1) is 0 Å². The molecule has 0 saturated carbocycles. The van der Waals surface area contributed by atoms with Crippen LogP contribution in [-0.4, -0.2) is 6.04 Å². The van der Waals surface area contributed by atoms with Crippen LogP contribution in [0.4, 0.5) is 5.69 Å². The first-order chi connectivity index (χ1) is 7.31. The van der Waals surface area contributed by atoms with Gasteiger partial charge in [0.2, 0.25) is 0 Å². The van der Waals surface area contributed by atoms with Crippen LogP contribution in [0.1, 0.15) is 18.9 Å². The SMILES string of the molecule is C=CCc1ccccc1N[C@@H](C=C)CC. The molecule has 0 heterocycles. The standard InChI is InChI=1S/C14H19N/c1-4-9-12-10-7-8-11-14(12)15-13(5-2)6-3/h4-5,7-8,10-11,13,15H,1-2,6,9H2,3H3/t13-/m0/s1. The number of anilines is 1. The molecule has 0 saturated heterocycles. The van der Waals surface area contributed by atoms with Crippen molar-refractivity contribution in [2.24, 2.45) is 0 Å². The van der Waals surface area contributed by atoms with Gasteiger partial charge in [-0.2, -0.15) is 0 Å². The first kappa shape index (κ1) is 11.6. The van der Waals surface area contributed by atoms with Gasteiger partial charge in [-0.15, -0.1) is 13.2 Å². The van der Waals surface area contributed by atoms with Crippen LogP contribution in [0.2, 0.25) is 0 Å². The Kier molecular flexibility index (Phi) is 4.69. The Hall–Kier alpha value is -1.50. The Morgan fingerprint density at radius 2 is 2.07 bits per heavy atom. The van der Waals surface area contributed by atoms with Crippen LogP contribution >= 0.6 is 0 Å². The van der Waals surface area contributed by atoms with Crippen molar-refractivity contribution in [3.05, 3.63) is 55.1 Å².